The van der Waals surface area contributed by atoms with Crippen LogP contribution in [-0.2, 0) is 0 Å². The Hall–Kier alpha value is -2.61. The van der Waals surface area contributed by atoms with Gasteiger partial charge in [0, 0.05) is 0 Å². The van der Waals surface area contributed by atoms with Crippen LogP contribution in [0.15, 0.2) is 30.5 Å². The summed E-state index contributed by atoms with van der Waals surface area (Å²) in [6.45, 7) is 1.63. The molecule has 0 bridgehead atoms. The van der Waals surface area contributed by atoms with Crippen molar-refractivity contribution in [2.24, 2.45) is 0 Å². The van der Waals surface area contributed by atoms with E-state index < -0.39 is 5.82 Å². The molecule has 0 aliphatic carbocycles. The fourth-order valence-electron chi connectivity index (χ4n) is 1.43. The zero-order valence-electron chi connectivity index (χ0n) is 9.64. The molecule has 2 rings (SSSR count). The van der Waals surface area contributed by atoms with Crippen LogP contribution in [0.25, 0.3) is 0 Å². The number of halogens is 1. The Morgan fingerprint density at radius 2 is 2.22 bits per heavy atom. The molecule has 90 valence electrons. The van der Waals surface area contributed by atoms with Gasteiger partial charge in [-0.25, -0.2) is 9.37 Å². The van der Waals surface area contributed by atoms with Gasteiger partial charge in [-0.15, -0.1) is 0 Å². The summed E-state index contributed by atoms with van der Waals surface area (Å²) in [4.78, 5) is 3.88. The van der Waals surface area contributed by atoms with Crippen molar-refractivity contribution in [1.82, 2.24) is 4.98 Å². The third kappa shape index (κ3) is 2.23. The standard InChI is InChI=1S/C13H10FN3O/c1-8-3-2-4-11(12(8)14)18-13-9(6-15)5-10(16)7-17-13/h2-5,7H,16H2,1H3. The normalized spacial score (nSPS) is 9.83. The van der Waals surface area contributed by atoms with Crippen molar-refractivity contribution >= 4 is 5.69 Å². The van der Waals surface area contributed by atoms with E-state index in [4.69, 9.17) is 15.7 Å². The van der Waals surface area contributed by atoms with Crippen molar-refractivity contribution in [1.29, 1.82) is 5.26 Å². The average molecular weight is 243 g/mol. The maximum atomic E-state index is 13.7. The van der Waals surface area contributed by atoms with E-state index in [2.05, 4.69) is 4.98 Å². The minimum absolute atomic E-state index is 0.0313. The molecule has 0 aliphatic heterocycles. The molecule has 2 aromatic rings. The predicted molar refractivity (Wildman–Crippen MR) is 64.6 cm³/mol. The fraction of sp³-hybridized carbons (Fsp3) is 0.0769. The van der Waals surface area contributed by atoms with Gasteiger partial charge in [-0.1, -0.05) is 12.1 Å². The third-order valence-corrected chi connectivity index (χ3v) is 2.36. The molecule has 0 spiro atoms. The zero-order chi connectivity index (χ0) is 13.1. The third-order valence-electron chi connectivity index (χ3n) is 2.36. The van der Waals surface area contributed by atoms with Crippen molar-refractivity contribution < 1.29 is 9.13 Å². The summed E-state index contributed by atoms with van der Waals surface area (Å²) < 4.78 is 19.0. The molecular weight excluding hydrogens is 233 g/mol. The van der Waals surface area contributed by atoms with E-state index in [1.54, 1.807) is 19.1 Å². The molecule has 0 fully saturated rings. The summed E-state index contributed by atoms with van der Waals surface area (Å²) in [5, 5.41) is 8.93. The van der Waals surface area contributed by atoms with Crippen LogP contribution in [0.5, 0.6) is 11.6 Å². The number of aryl methyl sites for hydroxylation is 1. The molecule has 5 heteroatoms. The highest BCUT2D eigenvalue weighted by atomic mass is 19.1. The van der Waals surface area contributed by atoms with Crippen LogP contribution >= 0.6 is 0 Å². The molecule has 4 nitrogen and oxygen atoms in total. The van der Waals surface area contributed by atoms with Gasteiger partial charge in [0.2, 0.25) is 5.88 Å². The van der Waals surface area contributed by atoms with Crippen LogP contribution in [-0.4, -0.2) is 4.98 Å². The molecule has 18 heavy (non-hydrogen) atoms. The number of nitrogen functional groups attached to an aromatic ring is 1. The highest BCUT2D eigenvalue weighted by Gasteiger charge is 2.11. The lowest BCUT2D eigenvalue weighted by molar-refractivity contribution is 0.424. The van der Waals surface area contributed by atoms with E-state index in [0.717, 1.165) is 0 Å². The Kier molecular flexibility index (Phi) is 3.11. The van der Waals surface area contributed by atoms with Crippen LogP contribution in [0.2, 0.25) is 0 Å². The Morgan fingerprint density at radius 1 is 1.44 bits per heavy atom. The second kappa shape index (κ2) is 4.72. The zero-order valence-corrected chi connectivity index (χ0v) is 9.64. The SMILES string of the molecule is Cc1cccc(Oc2ncc(N)cc2C#N)c1F. The molecule has 1 heterocycles. The average Bonchev–Trinajstić information content (AvgIpc) is 2.37. The molecule has 0 atom stereocenters. The summed E-state index contributed by atoms with van der Waals surface area (Å²) in [6, 6.07) is 8.09. The Bertz CT molecular complexity index is 635. The van der Waals surface area contributed by atoms with Crippen molar-refractivity contribution in [3.8, 4) is 17.7 Å². The molecule has 1 aromatic heterocycles. The van der Waals surface area contributed by atoms with Gasteiger partial charge < -0.3 is 10.5 Å². The van der Waals surface area contributed by atoms with Gasteiger partial charge in [0.1, 0.15) is 11.6 Å². The van der Waals surface area contributed by atoms with Gasteiger partial charge in [-0.05, 0) is 24.6 Å². The van der Waals surface area contributed by atoms with Crippen LogP contribution in [0.3, 0.4) is 0 Å². The molecule has 0 aliphatic rings. The highest BCUT2D eigenvalue weighted by Crippen LogP contribution is 2.27. The predicted octanol–water partition coefficient (Wildman–Crippen LogP) is 2.78. The van der Waals surface area contributed by atoms with Gasteiger partial charge in [0.25, 0.3) is 0 Å². The summed E-state index contributed by atoms with van der Waals surface area (Å²) in [6.07, 6.45) is 1.35. The number of nitrogens with zero attached hydrogens (tertiary/aromatic N) is 2. The largest absolute Gasteiger partial charge is 0.435 e. The molecule has 0 radical (unpaired) electrons. The van der Waals surface area contributed by atoms with Crippen molar-refractivity contribution in [2.75, 3.05) is 5.73 Å². The van der Waals surface area contributed by atoms with Crippen LogP contribution in [0.1, 0.15) is 11.1 Å². The smallest absolute Gasteiger partial charge is 0.237 e. The molecule has 1 aromatic carbocycles. The fourth-order valence-corrected chi connectivity index (χ4v) is 1.43. The number of nitriles is 1. The second-order valence-corrected chi connectivity index (χ2v) is 3.72. The molecule has 0 saturated heterocycles. The number of ether oxygens (including phenoxy) is 1. The topological polar surface area (TPSA) is 71.9 Å². The molecule has 0 saturated carbocycles. The first-order valence-electron chi connectivity index (χ1n) is 5.20. The molecule has 0 amide bonds. The number of rotatable bonds is 2. The second-order valence-electron chi connectivity index (χ2n) is 3.72. The Morgan fingerprint density at radius 3 is 2.94 bits per heavy atom. The summed E-state index contributed by atoms with van der Waals surface area (Å²) in [5.41, 5.74) is 6.48. The number of anilines is 1. The van der Waals surface area contributed by atoms with Crippen molar-refractivity contribution in [3.05, 3.63) is 47.4 Å². The first kappa shape index (κ1) is 11.9. The maximum absolute atomic E-state index is 13.7. The van der Waals surface area contributed by atoms with Crippen molar-refractivity contribution in [2.45, 2.75) is 6.92 Å². The number of benzene rings is 1. The highest BCUT2D eigenvalue weighted by molar-refractivity contribution is 5.49. The lowest BCUT2D eigenvalue weighted by Gasteiger charge is -2.08. The number of pyridine rings is 1. The molecule has 2 N–H and O–H groups in total. The Labute approximate surface area is 103 Å². The monoisotopic (exact) mass is 243 g/mol. The van der Waals surface area contributed by atoms with E-state index in [1.807, 2.05) is 6.07 Å². The van der Waals surface area contributed by atoms with Crippen LogP contribution < -0.4 is 10.5 Å². The number of nitrogens with two attached hydrogens (primary N) is 1. The lowest BCUT2D eigenvalue weighted by Crippen LogP contribution is -1.97. The Balaban J connectivity index is 2.41. The minimum Gasteiger partial charge on any atom is -0.435 e. The van der Waals surface area contributed by atoms with E-state index in [0.29, 0.717) is 11.3 Å². The minimum atomic E-state index is -0.472. The van der Waals surface area contributed by atoms with Gasteiger partial charge >= 0.3 is 0 Å². The van der Waals surface area contributed by atoms with Crippen molar-refractivity contribution in [3.63, 3.8) is 0 Å². The van der Waals surface area contributed by atoms with Gasteiger partial charge in [-0.3, -0.25) is 0 Å². The molecule has 0 unspecified atom stereocenters. The molecular formula is C13H10FN3O. The number of aromatic nitrogens is 1. The lowest BCUT2D eigenvalue weighted by atomic mass is 10.2. The summed E-state index contributed by atoms with van der Waals surface area (Å²) >= 11 is 0. The quantitative estimate of drug-likeness (QED) is 0.880. The van der Waals surface area contributed by atoms with Gasteiger partial charge in [-0.2, -0.15) is 5.26 Å². The first-order valence-corrected chi connectivity index (χ1v) is 5.20. The maximum Gasteiger partial charge on any atom is 0.237 e. The summed E-state index contributed by atoms with van der Waals surface area (Å²) in [5.74, 6) is -0.403. The van der Waals surface area contributed by atoms with E-state index in [-0.39, 0.29) is 17.2 Å². The number of hydrogen-bond donors (Lipinski definition) is 1. The van der Waals surface area contributed by atoms with Gasteiger partial charge in [0.05, 0.1) is 11.9 Å². The van der Waals surface area contributed by atoms with E-state index >= 15 is 0 Å². The van der Waals surface area contributed by atoms with E-state index in [9.17, 15) is 4.39 Å². The van der Waals surface area contributed by atoms with E-state index in [1.165, 1.54) is 18.3 Å². The first-order chi connectivity index (χ1) is 8.61. The van der Waals surface area contributed by atoms with Gasteiger partial charge in [0.15, 0.2) is 11.6 Å². The van der Waals surface area contributed by atoms with Crippen LogP contribution in [0.4, 0.5) is 10.1 Å². The summed E-state index contributed by atoms with van der Waals surface area (Å²) in [7, 11) is 0. The van der Waals surface area contributed by atoms with Crippen LogP contribution in [0, 0.1) is 24.1 Å². The number of hydrogen-bond acceptors (Lipinski definition) is 4.